The van der Waals surface area contributed by atoms with Crippen molar-refractivity contribution in [2.75, 3.05) is 6.54 Å². The number of rotatable bonds is 4. The highest BCUT2D eigenvalue weighted by molar-refractivity contribution is 5.91. The van der Waals surface area contributed by atoms with Crippen LogP contribution in [0.15, 0.2) is 45.7 Å². The van der Waals surface area contributed by atoms with Gasteiger partial charge in [0.15, 0.2) is 11.2 Å². The third-order valence-electron chi connectivity index (χ3n) is 4.45. The first-order valence-corrected chi connectivity index (χ1v) is 8.46. The summed E-state index contributed by atoms with van der Waals surface area (Å²) in [5.41, 5.74) is 0.849. The SMILES string of the molecule is Cc1cc(=O)cc(C(=O)N2CCCC[C@H]2CCc2ccccn2)o1. The van der Waals surface area contributed by atoms with E-state index in [0.29, 0.717) is 12.3 Å². The van der Waals surface area contributed by atoms with Gasteiger partial charge in [0.25, 0.3) is 5.91 Å². The van der Waals surface area contributed by atoms with Gasteiger partial charge in [-0.2, -0.15) is 0 Å². The van der Waals surface area contributed by atoms with E-state index in [1.165, 1.54) is 12.1 Å². The molecule has 1 amide bonds. The minimum Gasteiger partial charge on any atom is -0.456 e. The van der Waals surface area contributed by atoms with Crippen molar-refractivity contribution in [3.63, 3.8) is 0 Å². The predicted octanol–water partition coefficient (Wildman–Crippen LogP) is 2.97. The number of carbonyl (C=O) groups is 1. The second-order valence-electron chi connectivity index (χ2n) is 6.28. The smallest absolute Gasteiger partial charge is 0.289 e. The number of nitrogens with zero attached hydrogens (tertiary/aromatic N) is 2. The lowest BCUT2D eigenvalue weighted by Crippen LogP contribution is -2.44. The summed E-state index contributed by atoms with van der Waals surface area (Å²) >= 11 is 0. The van der Waals surface area contributed by atoms with Crippen molar-refractivity contribution in [1.82, 2.24) is 9.88 Å². The molecule has 0 bridgehead atoms. The normalized spacial score (nSPS) is 17.7. The van der Waals surface area contributed by atoms with Crippen molar-refractivity contribution < 1.29 is 9.21 Å². The molecule has 3 heterocycles. The van der Waals surface area contributed by atoms with Gasteiger partial charge in [-0.1, -0.05) is 6.07 Å². The number of pyridine rings is 1. The van der Waals surface area contributed by atoms with Gasteiger partial charge >= 0.3 is 0 Å². The average molecular weight is 326 g/mol. The molecule has 0 aromatic carbocycles. The summed E-state index contributed by atoms with van der Waals surface area (Å²) in [6.45, 7) is 2.40. The molecular formula is C19H22N2O3. The highest BCUT2D eigenvalue weighted by Gasteiger charge is 2.28. The largest absolute Gasteiger partial charge is 0.456 e. The number of likely N-dealkylation sites (tertiary alicyclic amines) is 1. The zero-order valence-electron chi connectivity index (χ0n) is 13.9. The van der Waals surface area contributed by atoms with Gasteiger partial charge in [-0.15, -0.1) is 0 Å². The fourth-order valence-corrected chi connectivity index (χ4v) is 3.28. The van der Waals surface area contributed by atoms with Crippen molar-refractivity contribution in [3.8, 4) is 0 Å². The van der Waals surface area contributed by atoms with Crippen LogP contribution in [-0.4, -0.2) is 28.4 Å². The standard InChI is InChI=1S/C19H22N2O3/c1-14-12-17(22)13-18(24-14)19(23)21-11-5-3-7-16(21)9-8-15-6-2-4-10-20-15/h2,4,6,10,12-13,16H,3,5,7-9,11H2,1H3/t16-/m0/s1. The van der Waals surface area contributed by atoms with E-state index in [4.69, 9.17) is 4.42 Å². The quantitative estimate of drug-likeness (QED) is 0.866. The van der Waals surface area contributed by atoms with E-state index < -0.39 is 0 Å². The third kappa shape index (κ3) is 3.91. The predicted molar refractivity (Wildman–Crippen MR) is 90.9 cm³/mol. The van der Waals surface area contributed by atoms with Gasteiger partial charge in [0.1, 0.15) is 5.76 Å². The maximum atomic E-state index is 12.8. The lowest BCUT2D eigenvalue weighted by atomic mass is 9.96. The van der Waals surface area contributed by atoms with Crippen molar-refractivity contribution >= 4 is 5.91 Å². The second kappa shape index (κ2) is 7.43. The number of carbonyl (C=O) groups excluding carboxylic acids is 1. The van der Waals surface area contributed by atoms with Gasteiger partial charge < -0.3 is 9.32 Å². The highest BCUT2D eigenvalue weighted by Crippen LogP contribution is 2.23. The maximum Gasteiger partial charge on any atom is 0.289 e. The molecule has 0 aliphatic carbocycles. The molecule has 0 spiro atoms. The fraction of sp³-hybridized carbons (Fsp3) is 0.421. The lowest BCUT2D eigenvalue weighted by molar-refractivity contribution is 0.0564. The molecule has 1 atom stereocenters. The Kier molecular flexibility index (Phi) is 5.08. The Morgan fingerprint density at radius 2 is 2.21 bits per heavy atom. The van der Waals surface area contributed by atoms with Gasteiger partial charge in [0.05, 0.1) is 0 Å². The van der Waals surface area contributed by atoms with E-state index in [0.717, 1.165) is 37.8 Å². The number of aromatic nitrogens is 1. The Morgan fingerprint density at radius 1 is 1.33 bits per heavy atom. The molecule has 2 aromatic heterocycles. The van der Waals surface area contributed by atoms with Crippen LogP contribution in [0.5, 0.6) is 0 Å². The fourth-order valence-electron chi connectivity index (χ4n) is 3.28. The molecule has 0 saturated carbocycles. The van der Waals surface area contributed by atoms with E-state index in [1.807, 2.05) is 23.1 Å². The molecule has 24 heavy (non-hydrogen) atoms. The first-order chi connectivity index (χ1) is 11.6. The van der Waals surface area contributed by atoms with E-state index in [-0.39, 0.29) is 23.1 Å². The average Bonchev–Trinajstić information content (AvgIpc) is 2.59. The Bertz CT molecular complexity index is 755. The van der Waals surface area contributed by atoms with Gasteiger partial charge in [0.2, 0.25) is 0 Å². The Hall–Kier alpha value is -2.43. The summed E-state index contributed by atoms with van der Waals surface area (Å²) in [6, 6.07) is 8.74. The van der Waals surface area contributed by atoms with Crippen LogP contribution in [-0.2, 0) is 6.42 Å². The molecule has 5 nitrogen and oxygen atoms in total. The molecule has 0 radical (unpaired) electrons. The molecule has 1 saturated heterocycles. The van der Waals surface area contributed by atoms with Crippen LogP contribution in [0.1, 0.15) is 47.7 Å². The van der Waals surface area contributed by atoms with Crippen molar-refractivity contribution in [3.05, 3.63) is 64.0 Å². The second-order valence-corrected chi connectivity index (χ2v) is 6.28. The highest BCUT2D eigenvalue weighted by atomic mass is 16.3. The molecule has 0 unspecified atom stereocenters. The molecular weight excluding hydrogens is 304 g/mol. The van der Waals surface area contributed by atoms with Crippen LogP contribution >= 0.6 is 0 Å². The number of hydrogen-bond donors (Lipinski definition) is 0. The van der Waals surface area contributed by atoms with E-state index >= 15 is 0 Å². The molecule has 0 N–H and O–H groups in total. The molecule has 5 heteroatoms. The lowest BCUT2D eigenvalue weighted by Gasteiger charge is -2.35. The summed E-state index contributed by atoms with van der Waals surface area (Å²) in [4.78, 5) is 30.7. The topological polar surface area (TPSA) is 63.4 Å². The van der Waals surface area contributed by atoms with Gasteiger partial charge in [-0.3, -0.25) is 14.6 Å². The molecule has 1 aliphatic heterocycles. The van der Waals surface area contributed by atoms with Crippen molar-refractivity contribution in [1.29, 1.82) is 0 Å². The first-order valence-electron chi connectivity index (χ1n) is 8.46. The Labute approximate surface area is 141 Å². The van der Waals surface area contributed by atoms with Crippen molar-refractivity contribution in [2.24, 2.45) is 0 Å². The molecule has 3 rings (SSSR count). The number of piperidine rings is 1. The summed E-state index contributed by atoms with van der Waals surface area (Å²) in [5.74, 6) is 0.430. The van der Waals surface area contributed by atoms with E-state index in [9.17, 15) is 9.59 Å². The van der Waals surface area contributed by atoms with Gasteiger partial charge in [-0.05, 0) is 51.2 Å². The minimum atomic E-state index is -0.191. The zero-order chi connectivity index (χ0) is 16.9. The third-order valence-corrected chi connectivity index (χ3v) is 4.45. The first kappa shape index (κ1) is 16.4. The molecule has 2 aromatic rings. The molecule has 1 aliphatic rings. The van der Waals surface area contributed by atoms with Gasteiger partial charge in [-0.25, -0.2) is 0 Å². The van der Waals surface area contributed by atoms with E-state index in [1.54, 1.807) is 13.1 Å². The summed E-state index contributed by atoms with van der Waals surface area (Å²) in [7, 11) is 0. The van der Waals surface area contributed by atoms with Gasteiger partial charge in [0, 0.05) is 36.6 Å². The minimum absolute atomic E-state index is 0.143. The maximum absolute atomic E-state index is 12.8. The number of amides is 1. The summed E-state index contributed by atoms with van der Waals surface area (Å²) < 4.78 is 5.48. The Balaban J connectivity index is 1.73. The number of aryl methyl sites for hydroxylation is 2. The van der Waals surface area contributed by atoms with Crippen LogP contribution in [0.4, 0.5) is 0 Å². The Morgan fingerprint density at radius 3 is 2.96 bits per heavy atom. The molecule has 126 valence electrons. The van der Waals surface area contributed by atoms with Crippen molar-refractivity contribution in [2.45, 2.75) is 45.1 Å². The molecule has 1 fully saturated rings. The van der Waals surface area contributed by atoms with Crippen LogP contribution in [0.25, 0.3) is 0 Å². The number of hydrogen-bond acceptors (Lipinski definition) is 4. The van der Waals surface area contributed by atoms with Crippen LogP contribution in [0, 0.1) is 6.92 Å². The van der Waals surface area contributed by atoms with E-state index in [2.05, 4.69) is 4.98 Å². The van der Waals surface area contributed by atoms with Crippen LogP contribution in [0.3, 0.4) is 0 Å². The monoisotopic (exact) mass is 326 g/mol. The summed E-state index contributed by atoms with van der Waals surface area (Å²) in [6.07, 6.45) is 6.59. The zero-order valence-corrected chi connectivity index (χ0v) is 13.9. The van der Waals surface area contributed by atoms with Crippen LogP contribution < -0.4 is 5.43 Å². The summed E-state index contributed by atoms with van der Waals surface area (Å²) in [5, 5.41) is 0. The van der Waals surface area contributed by atoms with Crippen LogP contribution in [0.2, 0.25) is 0 Å².